The van der Waals surface area contributed by atoms with Crippen LogP contribution in [0.4, 0.5) is 0 Å². The summed E-state index contributed by atoms with van der Waals surface area (Å²) in [6.45, 7) is 5.87. The van der Waals surface area contributed by atoms with E-state index in [2.05, 4.69) is 39.0 Å². The third kappa shape index (κ3) is 4.31. The van der Waals surface area contributed by atoms with Crippen molar-refractivity contribution in [1.82, 2.24) is 14.8 Å². The zero-order valence-electron chi connectivity index (χ0n) is 16.1. The van der Waals surface area contributed by atoms with E-state index in [0.29, 0.717) is 32.0 Å². The van der Waals surface area contributed by atoms with Crippen LogP contribution in [0.2, 0.25) is 0 Å². The number of carbonyl (C=O) groups is 1. The summed E-state index contributed by atoms with van der Waals surface area (Å²) in [5, 5.41) is 0. The van der Waals surface area contributed by atoms with Crippen molar-refractivity contribution in [2.75, 3.05) is 52.6 Å². The van der Waals surface area contributed by atoms with Crippen LogP contribution in [0.3, 0.4) is 0 Å². The number of hydrogen-bond acceptors (Lipinski definition) is 6. The van der Waals surface area contributed by atoms with Crippen LogP contribution in [0.15, 0.2) is 54.9 Å². The molecule has 3 heterocycles. The Labute approximate surface area is 166 Å². The molecule has 2 aromatic rings. The Kier molecular flexibility index (Phi) is 6.44. The van der Waals surface area contributed by atoms with Gasteiger partial charge in [-0.3, -0.25) is 19.6 Å². The molecule has 0 amide bonds. The van der Waals surface area contributed by atoms with Crippen LogP contribution < -0.4 is 0 Å². The van der Waals surface area contributed by atoms with Gasteiger partial charge < -0.3 is 9.47 Å². The minimum absolute atomic E-state index is 0.0242. The highest BCUT2D eigenvalue weighted by molar-refractivity contribution is 6.00. The summed E-state index contributed by atoms with van der Waals surface area (Å²) in [5.41, 5.74) is 1.88. The Hall–Kier alpha value is -2.12. The van der Waals surface area contributed by atoms with Crippen molar-refractivity contribution in [3.8, 4) is 0 Å². The molecular weight excluding hydrogens is 354 g/mol. The fourth-order valence-corrected chi connectivity index (χ4v) is 4.15. The van der Waals surface area contributed by atoms with Gasteiger partial charge >= 0.3 is 0 Å². The van der Waals surface area contributed by atoms with Gasteiger partial charge in [0.1, 0.15) is 0 Å². The van der Waals surface area contributed by atoms with Crippen LogP contribution in [-0.2, 0) is 9.47 Å². The average molecular weight is 381 g/mol. The highest BCUT2D eigenvalue weighted by atomic mass is 16.5. The summed E-state index contributed by atoms with van der Waals surface area (Å²) in [7, 11) is 0. The molecule has 1 aromatic carbocycles. The molecule has 2 saturated heterocycles. The number of ketones is 1. The predicted octanol–water partition coefficient (Wildman–Crippen LogP) is 2.04. The van der Waals surface area contributed by atoms with Crippen LogP contribution in [-0.4, -0.2) is 79.2 Å². The van der Waals surface area contributed by atoms with Crippen LogP contribution >= 0.6 is 0 Å². The number of morpholine rings is 2. The van der Waals surface area contributed by atoms with E-state index in [1.165, 1.54) is 5.56 Å². The van der Waals surface area contributed by atoms with Crippen molar-refractivity contribution < 1.29 is 14.3 Å². The van der Waals surface area contributed by atoms with E-state index in [4.69, 9.17) is 9.47 Å². The van der Waals surface area contributed by atoms with Crippen molar-refractivity contribution in [1.29, 1.82) is 0 Å². The average Bonchev–Trinajstić information content (AvgIpc) is 2.79. The number of aromatic nitrogens is 1. The highest BCUT2D eigenvalue weighted by Gasteiger charge is 2.39. The fourth-order valence-electron chi connectivity index (χ4n) is 4.15. The molecule has 2 unspecified atom stereocenters. The summed E-state index contributed by atoms with van der Waals surface area (Å²) in [4.78, 5) is 22.5. The van der Waals surface area contributed by atoms with Crippen molar-refractivity contribution in [2.24, 2.45) is 0 Å². The number of nitrogens with zero attached hydrogens (tertiary/aromatic N) is 3. The second kappa shape index (κ2) is 9.39. The molecule has 2 fully saturated rings. The normalized spacial score (nSPS) is 21.1. The maximum atomic E-state index is 13.7. The van der Waals surface area contributed by atoms with E-state index in [0.717, 1.165) is 26.2 Å². The lowest BCUT2D eigenvalue weighted by molar-refractivity contribution is -0.0301. The van der Waals surface area contributed by atoms with E-state index >= 15 is 0 Å². The minimum Gasteiger partial charge on any atom is -0.379 e. The first-order valence-electron chi connectivity index (χ1n) is 9.97. The van der Waals surface area contributed by atoms with Gasteiger partial charge in [0.15, 0.2) is 5.78 Å². The maximum Gasteiger partial charge on any atom is 0.182 e. The molecule has 0 N–H and O–H groups in total. The van der Waals surface area contributed by atoms with Gasteiger partial charge in [0.05, 0.1) is 38.5 Å². The highest BCUT2D eigenvalue weighted by Crippen LogP contribution is 2.31. The fraction of sp³-hybridized carbons (Fsp3) is 0.455. The van der Waals surface area contributed by atoms with Crippen LogP contribution in [0.1, 0.15) is 22.0 Å². The third-order valence-corrected chi connectivity index (χ3v) is 5.55. The lowest BCUT2D eigenvalue weighted by Crippen LogP contribution is -2.55. The van der Waals surface area contributed by atoms with Crippen molar-refractivity contribution >= 4 is 5.78 Å². The molecule has 2 aliphatic rings. The van der Waals surface area contributed by atoms with Gasteiger partial charge in [-0.2, -0.15) is 0 Å². The van der Waals surface area contributed by atoms with Crippen molar-refractivity contribution in [3.63, 3.8) is 0 Å². The van der Waals surface area contributed by atoms with E-state index in [1.54, 1.807) is 12.4 Å². The second-order valence-corrected chi connectivity index (χ2v) is 7.20. The number of Topliss-reactive ketones (excluding diaryl/α,β-unsaturated/α-hetero) is 1. The number of rotatable bonds is 6. The van der Waals surface area contributed by atoms with E-state index < -0.39 is 0 Å². The quantitative estimate of drug-likeness (QED) is 0.714. The molecule has 2 aliphatic heterocycles. The van der Waals surface area contributed by atoms with Crippen LogP contribution in [0.5, 0.6) is 0 Å². The molecule has 148 valence electrons. The zero-order chi connectivity index (χ0) is 19.2. The van der Waals surface area contributed by atoms with Gasteiger partial charge in [0, 0.05) is 44.1 Å². The number of hydrogen-bond donors (Lipinski definition) is 0. The van der Waals surface area contributed by atoms with Gasteiger partial charge in [0.25, 0.3) is 0 Å². The van der Waals surface area contributed by atoms with Crippen LogP contribution in [0, 0.1) is 0 Å². The summed E-state index contributed by atoms with van der Waals surface area (Å²) in [6, 6.07) is 13.7. The first-order chi connectivity index (χ1) is 13.8. The molecule has 0 radical (unpaired) electrons. The van der Waals surface area contributed by atoms with E-state index in [-0.39, 0.29) is 17.9 Å². The lowest BCUT2D eigenvalue weighted by Gasteiger charge is -2.44. The third-order valence-electron chi connectivity index (χ3n) is 5.55. The smallest absolute Gasteiger partial charge is 0.182 e. The standard InChI is InChI=1S/C22H27N3O3/c26-22(19-6-8-23-9-7-19)21(25-12-16-28-17-13-25)20(18-4-2-1-3-5-18)24-10-14-27-15-11-24/h1-9,20-21H,10-17H2. The lowest BCUT2D eigenvalue weighted by atomic mass is 9.89. The molecule has 28 heavy (non-hydrogen) atoms. The van der Waals surface area contributed by atoms with Crippen molar-refractivity contribution in [2.45, 2.75) is 12.1 Å². The monoisotopic (exact) mass is 381 g/mol. The minimum atomic E-state index is -0.271. The Bertz CT molecular complexity index is 744. The van der Waals surface area contributed by atoms with Gasteiger partial charge in [0.2, 0.25) is 0 Å². The van der Waals surface area contributed by atoms with Gasteiger partial charge in [-0.05, 0) is 17.7 Å². The Morgan fingerprint density at radius 1 is 0.821 bits per heavy atom. The first-order valence-corrected chi connectivity index (χ1v) is 9.97. The van der Waals surface area contributed by atoms with Gasteiger partial charge in [-0.15, -0.1) is 0 Å². The second-order valence-electron chi connectivity index (χ2n) is 7.20. The number of benzene rings is 1. The molecule has 0 spiro atoms. The van der Waals surface area contributed by atoms with E-state index in [9.17, 15) is 4.79 Å². The van der Waals surface area contributed by atoms with Gasteiger partial charge in [-0.25, -0.2) is 0 Å². The molecule has 2 atom stereocenters. The SMILES string of the molecule is O=C(c1ccncc1)C(C(c1ccccc1)N1CCOCC1)N1CCOCC1. The molecule has 0 saturated carbocycles. The maximum absolute atomic E-state index is 13.7. The van der Waals surface area contributed by atoms with Gasteiger partial charge in [-0.1, -0.05) is 30.3 Å². The molecule has 6 heteroatoms. The molecule has 0 bridgehead atoms. The summed E-state index contributed by atoms with van der Waals surface area (Å²) in [5.74, 6) is 0.143. The topological polar surface area (TPSA) is 54.9 Å². The van der Waals surface area contributed by atoms with Crippen molar-refractivity contribution in [3.05, 3.63) is 66.0 Å². The summed E-state index contributed by atoms with van der Waals surface area (Å²) < 4.78 is 11.2. The molecule has 4 rings (SSSR count). The number of carbonyl (C=O) groups excluding carboxylic acids is 1. The molecule has 0 aliphatic carbocycles. The molecule has 1 aromatic heterocycles. The Morgan fingerprint density at radius 3 is 2.00 bits per heavy atom. The zero-order valence-corrected chi connectivity index (χ0v) is 16.1. The molecule has 6 nitrogen and oxygen atoms in total. The van der Waals surface area contributed by atoms with Crippen LogP contribution in [0.25, 0.3) is 0 Å². The number of pyridine rings is 1. The number of ether oxygens (including phenoxy) is 2. The largest absolute Gasteiger partial charge is 0.379 e. The summed E-state index contributed by atoms with van der Waals surface area (Å²) >= 11 is 0. The first kappa shape index (κ1) is 19.2. The Balaban J connectivity index is 1.74. The van der Waals surface area contributed by atoms with E-state index in [1.807, 2.05) is 18.2 Å². The molecular formula is C22H27N3O3. The summed E-state index contributed by atoms with van der Waals surface area (Å²) in [6.07, 6.45) is 3.38. The Morgan fingerprint density at radius 2 is 1.39 bits per heavy atom. The predicted molar refractivity (Wildman–Crippen MR) is 106 cm³/mol.